The maximum absolute atomic E-state index is 13.6. The number of pyridine rings is 1. The summed E-state index contributed by atoms with van der Waals surface area (Å²) in [7, 11) is 0. The predicted molar refractivity (Wildman–Crippen MR) is 80.7 cm³/mol. The summed E-state index contributed by atoms with van der Waals surface area (Å²) in [6.45, 7) is 0. The number of hydrogen-bond donors (Lipinski definition) is 1. The fraction of sp³-hybridized carbons (Fsp3) is 0.375. The summed E-state index contributed by atoms with van der Waals surface area (Å²) in [6, 6.07) is 7.04. The van der Waals surface area contributed by atoms with Crippen LogP contribution in [0.1, 0.15) is 47.0 Å². The van der Waals surface area contributed by atoms with Crippen molar-refractivity contribution >= 4 is 17.2 Å². The van der Waals surface area contributed by atoms with E-state index in [-0.39, 0.29) is 17.5 Å². The molecule has 1 fully saturated rings. The quantitative estimate of drug-likeness (QED) is 0.869. The zero-order valence-corrected chi connectivity index (χ0v) is 12.4. The average Bonchev–Trinajstić information content (AvgIpc) is 3.18. The molecule has 2 heterocycles. The lowest BCUT2D eigenvalue weighted by atomic mass is 9.96. The molecule has 1 unspecified atom stereocenters. The zero-order valence-electron chi connectivity index (χ0n) is 11.6. The van der Waals surface area contributed by atoms with E-state index >= 15 is 0 Å². The Kier molecular flexibility index (Phi) is 4.29. The highest BCUT2D eigenvalue weighted by molar-refractivity contribution is 7.10. The Bertz CT molecular complexity index is 608. The first-order valence-electron chi connectivity index (χ1n) is 7.20. The van der Waals surface area contributed by atoms with E-state index in [2.05, 4.69) is 10.3 Å². The van der Waals surface area contributed by atoms with Crippen LogP contribution < -0.4 is 5.32 Å². The van der Waals surface area contributed by atoms with Gasteiger partial charge in [0.05, 0.1) is 11.6 Å². The van der Waals surface area contributed by atoms with Crippen molar-refractivity contribution in [3.63, 3.8) is 0 Å². The van der Waals surface area contributed by atoms with E-state index in [9.17, 15) is 9.18 Å². The minimum atomic E-state index is -0.716. The number of amides is 1. The summed E-state index contributed by atoms with van der Waals surface area (Å²) in [6.07, 6.45) is 5.96. The van der Waals surface area contributed by atoms with E-state index < -0.39 is 5.95 Å². The van der Waals surface area contributed by atoms with Crippen LogP contribution in [-0.2, 0) is 0 Å². The van der Waals surface area contributed by atoms with Crippen molar-refractivity contribution in [1.82, 2.24) is 10.3 Å². The molecule has 1 N–H and O–H groups in total. The summed E-state index contributed by atoms with van der Waals surface area (Å²) in [5.74, 6) is -0.662. The highest BCUT2D eigenvalue weighted by atomic mass is 32.1. The van der Waals surface area contributed by atoms with Crippen molar-refractivity contribution in [2.24, 2.45) is 5.92 Å². The molecule has 0 saturated heterocycles. The van der Waals surface area contributed by atoms with Gasteiger partial charge in [0.15, 0.2) is 0 Å². The number of halogens is 1. The number of carbonyl (C=O) groups is 1. The van der Waals surface area contributed by atoms with Crippen molar-refractivity contribution in [2.45, 2.75) is 31.7 Å². The van der Waals surface area contributed by atoms with E-state index in [4.69, 9.17) is 0 Å². The minimum Gasteiger partial charge on any atom is -0.344 e. The molecular formula is C16H17FN2OS. The Morgan fingerprint density at radius 3 is 2.81 bits per heavy atom. The number of rotatable bonds is 4. The van der Waals surface area contributed by atoms with Gasteiger partial charge < -0.3 is 5.32 Å². The van der Waals surface area contributed by atoms with Gasteiger partial charge in [-0.15, -0.1) is 11.3 Å². The Balaban J connectivity index is 1.81. The van der Waals surface area contributed by atoms with Gasteiger partial charge in [0.2, 0.25) is 5.95 Å². The van der Waals surface area contributed by atoms with Crippen molar-refractivity contribution in [2.75, 3.05) is 0 Å². The summed E-state index contributed by atoms with van der Waals surface area (Å²) in [4.78, 5) is 17.0. The first-order chi connectivity index (χ1) is 10.3. The third kappa shape index (κ3) is 3.13. The SMILES string of the molecule is O=C(NC(c1cccs1)C1CCCC1)c1cccnc1F. The van der Waals surface area contributed by atoms with E-state index in [1.165, 1.54) is 25.1 Å². The Morgan fingerprint density at radius 1 is 1.33 bits per heavy atom. The van der Waals surface area contributed by atoms with Crippen molar-refractivity contribution in [3.05, 3.63) is 52.2 Å². The van der Waals surface area contributed by atoms with Crippen LogP contribution in [0.5, 0.6) is 0 Å². The maximum Gasteiger partial charge on any atom is 0.256 e. The van der Waals surface area contributed by atoms with Gasteiger partial charge in [-0.25, -0.2) is 4.98 Å². The van der Waals surface area contributed by atoms with Crippen LogP contribution in [0.15, 0.2) is 35.8 Å². The molecule has 1 amide bonds. The molecule has 0 radical (unpaired) electrons. The first-order valence-corrected chi connectivity index (χ1v) is 8.08. The Morgan fingerprint density at radius 2 is 2.14 bits per heavy atom. The molecule has 110 valence electrons. The van der Waals surface area contributed by atoms with Crippen molar-refractivity contribution in [1.29, 1.82) is 0 Å². The zero-order chi connectivity index (χ0) is 14.7. The van der Waals surface area contributed by atoms with Gasteiger partial charge in [0, 0.05) is 11.1 Å². The third-order valence-corrected chi connectivity index (χ3v) is 4.97. The summed E-state index contributed by atoms with van der Waals surface area (Å²) in [5, 5.41) is 5.02. The largest absolute Gasteiger partial charge is 0.344 e. The van der Waals surface area contributed by atoms with E-state index in [0.29, 0.717) is 5.92 Å². The molecule has 1 atom stereocenters. The van der Waals surface area contributed by atoms with Crippen molar-refractivity contribution in [3.8, 4) is 0 Å². The second kappa shape index (κ2) is 6.35. The molecule has 5 heteroatoms. The van der Waals surface area contributed by atoms with E-state index in [1.807, 2.05) is 17.5 Å². The fourth-order valence-corrected chi connectivity index (χ4v) is 3.82. The molecule has 3 nitrogen and oxygen atoms in total. The van der Waals surface area contributed by atoms with E-state index in [0.717, 1.165) is 17.7 Å². The molecule has 1 aliphatic carbocycles. The third-order valence-electron chi connectivity index (χ3n) is 4.01. The van der Waals surface area contributed by atoms with Crippen LogP contribution in [0.3, 0.4) is 0 Å². The molecule has 0 aromatic carbocycles. The van der Waals surface area contributed by atoms with Crippen LogP contribution in [0, 0.1) is 11.9 Å². The molecule has 1 aliphatic rings. The first kappa shape index (κ1) is 14.2. The highest BCUT2D eigenvalue weighted by Crippen LogP contribution is 2.37. The molecule has 21 heavy (non-hydrogen) atoms. The summed E-state index contributed by atoms with van der Waals surface area (Å²) in [5.41, 5.74) is 0.0112. The predicted octanol–water partition coefficient (Wildman–Crippen LogP) is 3.94. The van der Waals surface area contributed by atoms with Crippen LogP contribution in [-0.4, -0.2) is 10.9 Å². The fourth-order valence-electron chi connectivity index (χ4n) is 2.95. The number of nitrogens with zero attached hydrogens (tertiary/aromatic N) is 1. The van der Waals surface area contributed by atoms with Gasteiger partial charge in [-0.2, -0.15) is 4.39 Å². The standard InChI is InChI=1S/C16H17FN2OS/c17-15-12(7-3-9-18-15)16(20)19-14(11-5-1-2-6-11)13-8-4-10-21-13/h3-4,7-11,14H,1-2,5-6H2,(H,19,20). The average molecular weight is 304 g/mol. The highest BCUT2D eigenvalue weighted by Gasteiger charge is 2.29. The summed E-state index contributed by atoms with van der Waals surface area (Å²) >= 11 is 1.64. The van der Waals surface area contributed by atoms with Crippen LogP contribution in [0.4, 0.5) is 4.39 Å². The van der Waals surface area contributed by atoms with Gasteiger partial charge in [0.25, 0.3) is 5.91 Å². The molecule has 0 spiro atoms. The lowest BCUT2D eigenvalue weighted by Crippen LogP contribution is -2.32. The molecular weight excluding hydrogens is 287 g/mol. The number of aromatic nitrogens is 1. The monoisotopic (exact) mass is 304 g/mol. The Hall–Kier alpha value is -1.75. The lowest BCUT2D eigenvalue weighted by molar-refractivity contribution is 0.0917. The van der Waals surface area contributed by atoms with Crippen LogP contribution in [0.2, 0.25) is 0 Å². The lowest BCUT2D eigenvalue weighted by Gasteiger charge is -2.23. The number of thiophene rings is 1. The second-order valence-corrected chi connectivity index (χ2v) is 6.33. The van der Waals surface area contributed by atoms with Gasteiger partial charge in [-0.1, -0.05) is 18.9 Å². The van der Waals surface area contributed by atoms with Gasteiger partial charge >= 0.3 is 0 Å². The molecule has 1 saturated carbocycles. The normalized spacial score (nSPS) is 16.8. The molecule has 0 bridgehead atoms. The van der Waals surface area contributed by atoms with Gasteiger partial charge in [-0.3, -0.25) is 4.79 Å². The molecule has 2 aromatic rings. The number of carbonyl (C=O) groups excluding carboxylic acids is 1. The number of hydrogen-bond acceptors (Lipinski definition) is 3. The van der Waals surface area contributed by atoms with E-state index in [1.54, 1.807) is 17.4 Å². The maximum atomic E-state index is 13.6. The van der Waals surface area contributed by atoms with Crippen LogP contribution >= 0.6 is 11.3 Å². The van der Waals surface area contributed by atoms with Gasteiger partial charge in [-0.05, 0) is 42.3 Å². The molecule has 3 rings (SSSR count). The van der Waals surface area contributed by atoms with Gasteiger partial charge in [0.1, 0.15) is 0 Å². The summed E-state index contributed by atoms with van der Waals surface area (Å²) < 4.78 is 13.6. The molecule has 2 aromatic heterocycles. The number of nitrogens with one attached hydrogen (secondary N) is 1. The smallest absolute Gasteiger partial charge is 0.256 e. The topological polar surface area (TPSA) is 42.0 Å². The minimum absolute atomic E-state index is 0.0112. The van der Waals surface area contributed by atoms with Crippen LogP contribution in [0.25, 0.3) is 0 Å². The van der Waals surface area contributed by atoms with Crippen molar-refractivity contribution < 1.29 is 9.18 Å². The second-order valence-electron chi connectivity index (χ2n) is 5.35. The Labute approximate surface area is 127 Å². The molecule has 0 aliphatic heterocycles.